The van der Waals surface area contributed by atoms with E-state index < -0.39 is 24.3 Å². The van der Waals surface area contributed by atoms with Gasteiger partial charge in [-0.2, -0.15) is 0 Å². The predicted molar refractivity (Wildman–Crippen MR) is 148 cm³/mol. The van der Waals surface area contributed by atoms with Crippen LogP contribution in [0.2, 0.25) is 0 Å². The van der Waals surface area contributed by atoms with E-state index in [4.69, 9.17) is 19.3 Å². The van der Waals surface area contributed by atoms with Gasteiger partial charge in [0.25, 0.3) is 5.91 Å². The molecule has 1 aliphatic carbocycles. The first-order valence-electron chi connectivity index (χ1n) is 13.6. The number of carboxylic acids is 1. The van der Waals surface area contributed by atoms with Gasteiger partial charge in [-0.3, -0.25) is 9.59 Å². The van der Waals surface area contributed by atoms with Crippen LogP contribution in [0.25, 0.3) is 11.1 Å². The van der Waals surface area contributed by atoms with Crippen molar-refractivity contribution >= 4 is 23.7 Å². The van der Waals surface area contributed by atoms with Crippen LogP contribution in [0.3, 0.4) is 0 Å². The first kappa shape index (κ1) is 26.6. The third-order valence-corrected chi connectivity index (χ3v) is 8.05. The average molecular weight is 559 g/mol. The molecule has 10 nitrogen and oxygen atoms in total. The second-order valence-electron chi connectivity index (χ2n) is 10.3. The number of ether oxygens (including phenoxy) is 3. The number of hydrogen-bond donors (Lipinski definition) is 2. The molecule has 2 heterocycles. The van der Waals surface area contributed by atoms with Crippen molar-refractivity contribution in [2.24, 2.45) is 0 Å². The summed E-state index contributed by atoms with van der Waals surface area (Å²) in [5.74, 6) is -1.21. The largest absolute Gasteiger partial charge is 0.493 e. The highest BCUT2D eigenvalue weighted by Gasteiger charge is 2.45. The molecule has 1 fully saturated rings. The Morgan fingerprint density at radius 2 is 1.66 bits per heavy atom. The summed E-state index contributed by atoms with van der Waals surface area (Å²) in [4.78, 5) is 41.2. The van der Waals surface area contributed by atoms with Gasteiger partial charge in [0.2, 0.25) is 0 Å². The summed E-state index contributed by atoms with van der Waals surface area (Å²) in [5.41, 5.74) is 4.55. The van der Waals surface area contributed by atoms with E-state index in [1.807, 2.05) is 48.5 Å². The van der Waals surface area contributed by atoms with Crippen LogP contribution < -0.4 is 14.4 Å². The molecule has 2 N–H and O–H groups in total. The lowest BCUT2D eigenvalue weighted by Crippen LogP contribution is -2.51. The Kier molecular flexibility index (Phi) is 7.00. The quantitative estimate of drug-likeness (QED) is 0.441. The van der Waals surface area contributed by atoms with Gasteiger partial charge >= 0.3 is 12.1 Å². The fraction of sp³-hybridized carbons (Fsp3) is 0.323. The van der Waals surface area contributed by atoms with E-state index in [9.17, 15) is 19.5 Å². The van der Waals surface area contributed by atoms with Crippen molar-refractivity contribution in [3.63, 3.8) is 0 Å². The molecule has 0 unspecified atom stereocenters. The molecule has 10 heteroatoms. The number of carboxylic acid groups (broad SMARTS) is 1. The molecule has 2 aliphatic heterocycles. The van der Waals surface area contributed by atoms with Gasteiger partial charge in [0.1, 0.15) is 6.61 Å². The maximum Gasteiger partial charge on any atom is 0.416 e. The molecule has 0 radical (unpaired) electrons. The topological polar surface area (TPSA) is 126 Å². The molecule has 212 valence electrons. The third kappa shape index (κ3) is 4.63. The summed E-state index contributed by atoms with van der Waals surface area (Å²) in [6.45, 7) is 0.324. The highest BCUT2D eigenvalue weighted by Crippen LogP contribution is 2.45. The molecule has 3 aromatic carbocycles. The zero-order valence-corrected chi connectivity index (χ0v) is 22.5. The summed E-state index contributed by atoms with van der Waals surface area (Å²) in [5, 5.41) is 20.5. The summed E-state index contributed by atoms with van der Waals surface area (Å²) in [6.07, 6.45) is -1.21. The van der Waals surface area contributed by atoms with Crippen molar-refractivity contribution in [2.45, 2.75) is 37.5 Å². The number of benzene rings is 3. The summed E-state index contributed by atoms with van der Waals surface area (Å²) < 4.78 is 17.0. The lowest BCUT2D eigenvalue weighted by molar-refractivity contribution is -0.137. The lowest BCUT2D eigenvalue weighted by Gasteiger charge is -2.32. The molecular formula is C31H30N2O8. The second kappa shape index (κ2) is 10.8. The van der Waals surface area contributed by atoms with Crippen molar-refractivity contribution in [3.05, 3.63) is 77.4 Å². The average Bonchev–Trinajstić information content (AvgIpc) is 3.57. The van der Waals surface area contributed by atoms with E-state index in [1.54, 1.807) is 4.90 Å². The van der Waals surface area contributed by atoms with Crippen LogP contribution in [0.5, 0.6) is 11.5 Å². The van der Waals surface area contributed by atoms with Crippen molar-refractivity contribution in [3.8, 4) is 22.6 Å². The number of amides is 2. The summed E-state index contributed by atoms with van der Waals surface area (Å²) >= 11 is 0. The van der Waals surface area contributed by atoms with Crippen molar-refractivity contribution in [1.82, 2.24) is 4.90 Å². The van der Waals surface area contributed by atoms with Gasteiger partial charge in [0, 0.05) is 18.5 Å². The Morgan fingerprint density at radius 3 is 2.32 bits per heavy atom. The molecule has 1 saturated heterocycles. The van der Waals surface area contributed by atoms with E-state index in [-0.39, 0.29) is 54.2 Å². The minimum atomic E-state index is -1.36. The zero-order chi connectivity index (χ0) is 28.7. The van der Waals surface area contributed by atoms with E-state index in [0.29, 0.717) is 19.4 Å². The number of hydrogen-bond acceptors (Lipinski definition) is 7. The fourth-order valence-electron chi connectivity index (χ4n) is 6.13. The maximum absolute atomic E-state index is 13.8. The molecule has 2 amide bonds. The summed E-state index contributed by atoms with van der Waals surface area (Å²) in [6, 6.07) is 18.3. The number of aliphatic carboxylic acids is 1. The van der Waals surface area contributed by atoms with Gasteiger partial charge in [-0.15, -0.1) is 0 Å². The number of aliphatic hydroxyl groups is 1. The molecule has 6 rings (SSSR count). The number of methoxy groups -OCH3 is 1. The smallest absolute Gasteiger partial charge is 0.416 e. The lowest BCUT2D eigenvalue weighted by atomic mass is 9.98. The third-order valence-electron chi connectivity index (χ3n) is 8.05. The molecule has 41 heavy (non-hydrogen) atoms. The number of rotatable bonds is 7. The van der Waals surface area contributed by atoms with Gasteiger partial charge in [-0.05, 0) is 41.2 Å². The zero-order valence-electron chi connectivity index (χ0n) is 22.5. The fourth-order valence-corrected chi connectivity index (χ4v) is 6.13. The van der Waals surface area contributed by atoms with Crippen LogP contribution in [0.15, 0.2) is 60.7 Å². The first-order valence-corrected chi connectivity index (χ1v) is 13.6. The molecule has 0 saturated carbocycles. The van der Waals surface area contributed by atoms with Crippen molar-refractivity contribution in [2.75, 3.05) is 31.8 Å². The van der Waals surface area contributed by atoms with Gasteiger partial charge in [-0.25, -0.2) is 9.69 Å². The van der Waals surface area contributed by atoms with Crippen LogP contribution in [0.1, 0.15) is 46.7 Å². The monoisotopic (exact) mass is 558 g/mol. The molecular weight excluding hydrogens is 528 g/mol. The van der Waals surface area contributed by atoms with Crippen molar-refractivity contribution in [1.29, 1.82) is 0 Å². The standard InChI is InChI=1S/C31H30N2O8/c1-39-26-15-22-25(16-27(26)40-14-12-28(34)35)33(30(37)24-11-6-13-32(24)29(22)36)31(38)41-17-23-20-9-4-2-7-18(20)19-8-3-5-10-21(19)23/h2-5,7-10,15-16,23-24,30,37H,6,11-14,17H2,1H3,(H,34,35)/t24-,30-/m0/s1. The first-order chi connectivity index (χ1) is 19.9. The van der Waals surface area contributed by atoms with E-state index >= 15 is 0 Å². The molecule has 0 aromatic heterocycles. The Bertz CT molecular complexity index is 1480. The number of carbonyl (C=O) groups excluding carboxylic acids is 2. The van der Waals surface area contributed by atoms with Crippen LogP contribution in [-0.2, 0) is 9.53 Å². The SMILES string of the molecule is COc1cc2c(cc1OCCC(=O)O)N(C(=O)OCC1c3ccccc3-c3ccccc31)[C@@H](O)[C@@H]1CCCN1C2=O. The van der Waals surface area contributed by atoms with E-state index in [1.165, 1.54) is 19.2 Å². The number of fused-ring (bicyclic) bond motifs is 5. The minimum Gasteiger partial charge on any atom is -0.493 e. The highest BCUT2D eigenvalue weighted by molar-refractivity contribution is 6.06. The molecule has 2 atom stereocenters. The van der Waals surface area contributed by atoms with E-state index in [0.717, 1.165) is 27.2 Å². The minimum absolute atomic E-state index is 0.0336. The predicted octanol–water partition coefficient (Wildman–Crippen LogP) is 4.24. The Hall–Kier alpha value is -4.57. The van der Waals surface area contributed by atoms with Gasteiger partial charge in [-0.1, -0.05) is 48.5 Å². The molecule has 0 spiro atoms. The number of nitrogens with zero attached hydrogens (tertiary/aromatic N) is 2. The molecule has 3 aromatic rings. The van der Waals surface area contributed by atoms with Crippen LogP contribution in [-0.4, -0.2) is 72.2 Å². The van der Waals surface area contributed by atoms with Gasteiger partial charge in [0.05, 0.1) is 37.4 Å². The van der Waals surface area contributed by atoms with Crippen LogP contribution in [0, 0.1) is 0 Å². The molecule has 3 aliphatic rings. The van der Waals surface area contributed by atoms with Crippen LogP contribution in [0.4, 0.5) is 10.5 Å². The van der Waals surface area contributed by atoms with Crippen LogP contribution >= 0.6 is 0 Å². The number of aliphatic hydroxyl groups excluding tert-OH is 1. The normalized spacial score (nSPS) is 19.1. The number of carbonyl (C=O) groups is 3. The maximum atomic E-state index is 13.8. The Balaban J connectivity index is 1.35. The Morgan fingerprint density at radius 1 is 0.976 bits per heavy atom. The second-order valence-corrected chi connectivity index (χ2v) is 10.3. The van der Waals surface area contributed by atoms with Gasteiger partial charge < -0.3 is 29.3 Å². The van der Waals surface area contributed by atoms with Gasteiger partial charge in [0.15, 0.2) is 17.7 Å². The Labute approximate surface area is 236 Å². The molecule has 0 bridgehead atoms. The van der Waals surface area contributed by atoms with Crippen molar-refractivity contribution < 1.29 is 38.8 Å². The van der Waals surface area contributed by atoms with E-state index in [2.05, 4.69) is 0 Å². The summed E-state index contributed by atoms with van der Waals surface area (Å²) in [7, 11) is 1.41. The highest BCUT2D eigenvalue weighted by atomic mass is 16.6. The number of anilines is 1.